The van der Waals surface area contributed by atoms with E-state index in [1.807, 2.05) is 69.3 Å². The Labute approximate surface area is 195 Å². The van der Waals surface area contributed by atoms with Crippen LogP contribution in [0.15, 0.2) is 75.8 Å². The van der Waals surface area contributed by atoms with Gasteiger partial charge in [-0.25, -0.2) is 4.98 Å². The van der Waals surface area contributed by atoms with Gasteiger partial charge >= 0.3 is 0 Å². The van der Waals surface area contributed by atoms with Crippen LogP contribution in [-0.4, -0.2) is 17.5 Å². The summed E-state index contributed by atoms with van der Waals surface area (Å²) in [4.78, 5) is 16.9. The van der Waals surface area contributed by atoms with Crippen LogP contribution in [0.1, 0.15) is 25.1 Å². The third-order valence-electron chi connectivity index (χ3n) is 5.02. The Bertz CT molecular complexity index is 1320. The number of carbonyl (C=O) groups is 1. The second-order valence-corrected chi connectivity index (χ2v) is 8.33. The molecule has 162 valence electrons. The van der Waals surface area contributed by atoms with E-state index in [9.17, 15) is 4.79 Å². The van der Waals surface area contributed by atoms with Gasteiger partial charge in [0.1, 0.15) is 17.2 Å². The summed E-state index contributed by atoms with van der Waals surface area (Å²) in [7, 11) is 0. The number of allylic oxidation sites excluding steroid dienone is 1. The molecule has 5 nitrogen and oxygen atoms in total. The summed E-state index contributed by atoms with van der Waals surface area (Å²) in [5.41, 5.74) is 5.21. The van der Waals surface area contributed by atoms with Crippen molar-refractivity contribution in [3.8, 4) is 16.9 Å². The third kappa shape index (κ3) is 4.75. The number of hydrogen-bond donors (Lipinski definition) is 1. The van der Waals surface area contributed by atoms with Crippen LogP contribution in [0.2, 0.25) is 0 Å². The van der Waals surface area contributed by atoms with E-state index in [0.29, 0.717) is 18.2 Å². The van der Waals surface area contributed by atoms with Crippen molar-refractivity contribution < 1.29 is 13.9 Å². The van der Waals surface area contributed by atoms with Gasteiger partial charge < -0.3 is 14.5 Å². The summed E-state index contributed by atoms with van der Waals surface area (Å²) < 4.78 is 12.7. The van der Waals surface area contributed by atoms with Crippen LogP contribution in [0.3, 0.4) is 0 Å². The molecule has 0 fully saturated rings. The highest BCUT2D eigenvalue weighted by atomic mass is 79.9. The lowest BCUT2D eigenvalue weighted by atomic mass is 9.99. The number of anilines is 1. The number of aryl methyl sites for hydroxylation is 1. The molecule has 2 heterocycles. The molecule has 2 aromatic heterocycles. The number of amides is 1. The Hall–Kier alpha value is -3.38. The predicted octanol–water partition coefficient (Wildman–Crippen LogP) is 7.01. The lowest BCUT2D eigenvalue weighted by Crippen LogP contribution is -2.10. The van der Waals surface area contributed by atoms with Crippen LogP contribution in [0, 0.1) is 6.92 Å². The zero-order valence-electron chi connectivity index (χ0n) is 18.1. The first kappa shape index (κ1) is 21.8. The highest BCUT2D eigenvalue weighted by molar-refractivity contribution is 9.10. The predicted molar refractivity (Wildman–Crippen MR) is 132 cm³/mol. The maximum absolute atomic E-state index is 12.6. The fourth-order valence-corrected chi connectivity index (χ4v) is 3.97. The molecule has 1 N–H and O–H groups in total. The SMILES string of the molecule is CCOc1cc2occ(-c3cccc(Br)c3)c2cc1/C(C)=C/C(=O)Nc1cccc(C)n1. The molecule has 0 saturated carbocycles. The number of ether oxygens (including phenoxy) is 1. The van der Waals surface area contributed by atoms with Crippen molar-refractivity contribution in [1.82, 2.24) is 4.98 Å². The Morgan fingerprint density at radius 1 is 1.19 bits per heavy atom. The van der Waals surface area contributed by atoms with E-state index in [4.69, 9.17) is 9.15 Å². The van der Waals surface area contributed by atoms with E-state index in [1.165, 1.54) is 0 Å². The smallest absolute Gasteiger partial charge is 0.249 e. The number of aromatic nitrogens is 1. The van der Waals surface area contributed by atoms with E-state index in [0.717, 1.165) is 43.4 Å². The largest absolute Gasteiger partial charge is 0.493 e. The Kier molecular flexibility index (Phi) is 6.42. The minimum absolute atomic E-state index is 0.248. The van der Waals surface area contributed by atoms with Gasteiger partial charge in [-0.2, -0.15) is 0 Å². The Morgan fingerprint density at radius 3 is 2.75 bits per heavy atom. The first-order valence-corrected chi connectivity index (χ1v) is 11.1. The Morgan fingerprint density at radius 2 is 2.00 bits per heavy atom. The molecule has 0 aliphatic rings. The van der Waals surface area contributed by atoms with E-state index < -0.39 is 0 Å². The van der Waals surface area contributed by atoms with Crippen LogP contribution >= 0.6 is 15.9 Å². The first-order chi connectivity index (χ1) is 15.4. The molecule has 0 aliphatic heterocycles. The molecule has 0 unspecified atom stereocenters. The van der Waals surface area contributed by atoms with Crippen molar-refractivity contribution in [2.75, 3.05) is 11.9 Å². The molecule has 2 aromatic carbocycles. The van der Waals surface area contributed by atoms with Crippen molar-refractivity contribution in [3.05, 3.63) is 82.7 Å². The van der Waals surface area contributed by atoms with Crippen LogP contribution in [0.4, 0.5) is 5.82 Å². The fraction of sp³-hybridized carbons (Fsp3) is 0.154. The summed E-state index contributed by atoms with van der Waals surface area (Å²) in [5, 5.41) is 3.77. The maximum atomic E-state index is 12.6. The van der Waals surface area contributed by atoms with E-state index >= 15 is 0 Å². The highest BCUT2D eigenvalue weighted by Gasteiger charge is 2.15. The number of nitrogens with zero attached hydrogens (tertiary/aromatic N) is 1. The molecule has 0 radical (unpaired) electrons. The van der Waals surface area contributed by atoms with E-state index in [1.54, 1.807) is 18.4 Å². The van der Waals surface area contributed by atoms with Crippen molar-refractivity contribution in [1.29, 1.82) is 0 Å². The van der Waals surface area contributed by atoms with Crippen molar-refractivity contribution in [2.45, 2.75) is 20.8 Å². The summed E-state index contributed by atoms with van der Waals surface area (Å²) in [5.74, 6) is 0.944. The topological polar surface area (TPSA) is 64.4 Å². The van der Waals surface area contributed by atoms with Gasteiger partial charge in [-0.15, -0.1) is 0 Å². The quantitative estimate of drug-likeness (QED) is 0.295. The minimum atomic E-state index is -0.248. The maximum Gasteiger partial charge on any atom is 0.249 e. The van der Waals surface area contributed by atoms with Gasteiger partial charge in [0.25, 0.3) is 0 Å². The average molecular weight is 491 g/mol. The van der Waals surface area contributed by atoms with Gasteiger partial charge in [0, 0.05) is 38.8 Å². The minimum Gasteiger partial charge on any atom is -0.493 e. The van der Waals surface area contributed by atoms with Crippen LogP contribution in [-0.2, 0) is 4.79 Å². The molecular formula is C26H23BrN2O3. The average Bonchev–Trinajstić information content (AvgIpc) is 3.16. The lowest BCUT2D eigenvalue weighted by molar-refractivity contribution is -0.111. The Balaban J connectivity index is 1.73. The number of hydrogen-bond acceptors (Lipinski definition) is 4. The third-order valence-corrected chi connectivity index (χ3v) is 5.52. The molecule has 1 amide bonds. The van der Waals surface area contributed by atoms with E-state index in [-0.39, 0.29) is 5.91 Å². The summed E-state index contributed by atoms with van der Waals surface area (Å²) in [6.07, 6.45) is 3.31. The molecule has 0 spiro atoms. The normalized spacial score (nSPS) is 11.6. The van der Waals surface area contributed by atoms with Gasteiger partial charge in [-0.3, -0.25) is 4.79 Å². The van der Waals surface area contributed by atoms with Crippen molar-refractivity contribution in [3.63, 3.8) is 0 Å². The van der Waals surface area contributed by atoms with E-state index in [2.05, 4.69) is 26.2 Å². The highest BCUT2D eigenvalue weighted by Crippen LogP contribution is 2.38. The molecule has 0 aliphatic carbocycles. The van der Waals surface area contributed by atoms with Gasteiger partial charge in [0.05, 0.1) is 12.9 Å². The van der Waals surface area contributed by atoms with Crippen molar-refractivity contribution >= 4 is 44.2 Å². The number of pyridine rings is 1. The lowest BCUT2D eigenvalue weighted by Gasteiger charge is -2.12. The van der Waals surface area contributed by atoms with Gasteiger partial charge in [0.2, 0.25) is 5.91 Å². The molecule has 4 aromatic rings. The van der Waals surface area contributed by atoms with Gasteiger partial charge in [-0.05, 0) is 62.2 Å². The fourth-order valence-electron chi connectivity index (χ4n) is 3.57. The number of benzene rings is 2. The van der Waals surface area contributed by atoms with Gasteiger partial charge in [-0.1, -0.05) is 34.1 Å². The van der Waals surface area contributed by atoms with Crippen LogP contribution in [0.5, 0.6) is 5.75 Å². The molecule has 0 bridgehead atoms. The second kappa shape index (κ2) is 9.40. The first-order valence-electron chi connectivity index (χ1n) is 10.3. The monoisotopic (exact) mass is 490 g/mol. The molecule has 32 heavy (non-hydrogen) atoms. The number of furan rings is 1. The zero-order valence-corrected chi connectivity index (χ0v) is 19.7. The zero-order chi connectivity index (χ0) is 22.7. The standard InChI is InChI=1S/C26H23BrN2O3/c1-4-31-23-14-24-21(22(15-32-24)18-8-6-9-19(27)12-18)13-20(23)16(2)11-26(30)29-25-10-5-7-17(3)28-25/h5-15H,4H2,1-3H3,(H,28,29,30)/b16-11+. The molecule has 0 saturated heterocycles. The number of carbonyl (C=O) groups excluding carboxylic acids is 1. The number of nitrogens with one attached hydrogen (secondary N) is 1. The summed E-state index contributed by atoms with van der Waals surface area (Å²) >= 11 is 3.53. The van der Waals surface area contributed by atoms with Crippen LogP contribution < -0.4 is 10.1 Å². The summed E-state index contributed by atoms with van der Waals surface area (Å²) in [6, 6.07) is 17.5. The molecule has 0 atom stereocenters. The summed E-state index contributed by atoms with van der Waals surface area (Å²) in [6.45, 7) is 6.21. The number of rotatable bonds is 6. The second-order valence-electron chi connectivity index (χ2n) is 7.42. The van der Waals surface area contributed by atoms with Crippen LogP contribution in [0.25, 0.3) is 27.7 Å². The molecular weight excluding hydrogens is 468 g/mol. The van der Waals surface area contributed by atoms with Gasteiger partial charge in [0.15, 0.2) is 0 Å². The molecule has 6 heteroatoms. The number of fused-ring (bicyclic) bond motifs is 1. The molecule has 4 rings (SSSR count). The van der Waals surface area contributed by atoms with Crippen molar-refractivity contribution in [2.24, 2.45) is 0 Å². The number of halogens is 1.